The van der Waals surface area contributed by atoms with Gasteiger partial charge in [-0.05, 0) is 42.5 Å². The lowest BCUT2D eigenvalue weighted by atomic mass is 10.1. The predicted octanol–water partition coefficient (Wildman–Crippen LogP) is 5.05. The highest BCUT2D eigenvalue weighted by atomic mass is 35.5. The molecule has 27 heavy (non-hydrogen) atoms. The van der Waals surface area contributed by atoms with Crippen molar-refractivity contribution in [2.75, 3.05) is 11.9 Å². The van der Waals surface area contributed by atoms with E-state index in [0.29, 0.717) is 10.7 Å². The first-order chi connectivity index (χ1) is 13.0. The number of anilines is 1. The van der Waals surface area contributed by atoms with Gasteiger partial charge in [0, 0.05) is 22.5 Å². The summed E-state index contributed by atoms with van der Waals surface area (Å²) < 4.78 is 29.6. The number of thioether (sulfide) groups is 1. The van der Waals surface area contributed by atoms with Gasteiger partial charge >= 0.3 is 0 Å². The van der Waals surface area contributed by atoms with Crippen molar-refractivity contribution >= 4 is 44.8 Å². The average molecular weight is 415 g/mol. The molecule has 2 aliphatic rings. The monoisotopic (exact) mass is 414 g/mol. The molecule has 0 fully saturated rings. The molecule has 7 heteroatoms. The van der Waals surface area contributed by atoms with Gasteiger partial charge in [-0.2, -0.15) is 12.8 Å². The summed E-state index contributed by atoms with van der Waals surface area (Å²) in [5.74, 6) is 0. The highest BCUT2D eigenvalue weighted by Crippen LogP contribution is 2.46. The third-order valence-electron chi connectivity index (χ3n) is 4.20. The molecule has 136 valence electrons. The Balaban J connectivity index is 1.79. The lowest BCUT2D eigenvalue weighted by Gasteiger charge is -2.18. The summed E-state index contributed by atoms with van der Waals surface area (Å²) in [6.07, 6.45) is 7.27. The van der Waals surface area contributed by atoms with Crippen LogP contribution in [0.25, 0.3) is 0 Å². The Bertz CT molecular complexity index is 1130. The van der Waals surface area contributed by atoms with E-state index in [4.69, 9.17) is 11.6 Å². The zero-order chi connectivity index (χ0) is 19.0. The van der Waals surface area contributed by atoms with Crippen LogP contribution < -0.4 is 4.90 Å². The minimum Gasteiger partial charge on any atom is -0.338 e. The van der Waals surface area contributed by atoms with Gasteiger partial charge in [0.25, 0.3) is 10.0 Å². The number of hydrogen-bond donors (Lipinski definition) is 0. The molecule has 4 rings (SSSR count). The minimum absolute atomic E-state index is 0.113. The molecule has 0 N–H and O–H groups in total. The Kier molecular flexibility index (Phi) is 4.72. The third kappa shape index (κ3) is 3.48. The van der Waals surface area contributed by atoms with Gasteiger partial charge in [-0.25, -0.2) is 0 Å². The second kappa shape index (κ2) is 7.03. The number of para-hydroxylation sites is 1. The van der Waals surface area contributed by atoms with Gasteiger partial charge < -0.3 is 4.90 Å². The van der Waals surface area contributed by atoms with Gasteiger partial charge in [-0.15, -0.1) is 0 Å². The SMILES string of the molecule is CN1C(=C2C=CC=CC2=NS(=O)(=O)c2ccc(Cl)cc2)Sc2ccccc21. The molecule has 4 nitrogen and oxygen atoms in total. The molecule has 1 aliphatic heterocycles. The summed E-state index contributed by atoms with van der Waals surface area (Å²) in [7, 11) is -1.87. The summed E-state index contributed by atoms with van der Waals surface area (Å²) in [6, 6.07) is 14.1. The number of halogens is 1. The standard InChI is InChI=1S/C20H15ClN2O2S2/c1-23-18-8-4-5-9-19(18)26-20(23)16-6-2-3-7-17(16)22-27(24,25)15-12-10-14(21)11-13-15/h2-13H,1H3. The second-order valence-corrected chi connectivity index (χ2v) is 9.04. The molecule has 0 bridgehead atoms. The highest BCUT2D eigenvalue weighted by molar-refractivity contribution is 8.03. The first kappa shape index (κ1) is 18.1. The number of fused-ring (bicyclic) bond motifs is 1. The maximum atomic E-state index is 12.7. The maximum Gasteiger partial charge on any atom is 0.282 e. The Morgan fingerprint density at radius 2 is 1.70 bits per heavy atom. The summed E-state index contributed by atoms with van der Waals surface area (Å²) in [5, 5.41) is 1.42. The topological polar surface area (TPSA) is 49.7 Å². The van der Waals surface area contributed by atoms with E-state index in [2.05, 4.69) is 9.30 Å². The van der Waals surface area contributed by atoms with Gasteiger partial charge in [0.1, 0.15) is 0 Å². The van der Waals surface area contributed by atoms with E-state index in [1.807, 2.05) is 43.5 Å². The van der Waals surface area contributed by atoms with E-state index >= 15 is 0 Å². The molecule has 0 aromatic heterocycles. The molecule has 0 atom stereocenters. The lowest BCUT2D eigenvalue weighted by molar-refractivity contribution is 0.598. The zero-order valence-corrected chi connectivity index (χ0v) is 16.7. The van der Waals surface area contributed by atoms with Crippen molar-refractivity contribution in [2.45, 2.75) is 9.79 Å². The van der Waals surface area contributed by atoms with Crippen molar-refractivity contribution in [1.82, 2.24) is 0 Å². The Hall–Kier alpha value is -2.28. The molecule has 2 aromatic carbocycles. The lowest BCUT2D eigenvalue weighted by Crippen LogP contribution is -2.16. The highest BCUT2D eigenvalue weighted by Gasteiger charge is 2.26. The molecular weight excluding hydrogens is 400 g/mol. The summed E-state index contributed by atoms with van der Waals surface area (Å²) >= 11 is 7.46. The number of allylic oxidation sites excluding steroid dienone is 5. The molecule has 0 unspecified atom stereocenters. The van der Waals surface area contributed by atoms with Gasteiger partial charge in [0.05, 0.1) is 21.3 Å². The van der Waals surface area contributed by atoms with Crippen LogP contribution in [0.5, 0.6) is 0 Å². The largest absolute Gasteiger partial charge is 0.338 e. The minimum atomic E-state index is -3.84. The second-order valence-electron chi connectivity index (χ2n) is 5.97. The van der Waals surface area contributed by atoms with Crippen molar-refractivity contribution in [3.8, 4) is 0 Å². The van der Waals surface area contributed by atoms with Crippen LogP contribution in [-0.4, -0.2) is 21.2 Å². The third-order valence-corrected chi connectivity index (χ3v) is 7.01. The smallest absolute Gasteiger partial charge is 0.282 e. The Labute approximate surface area is 167 Å². The fourth-order valence-corrected chi connectivity index (χ4v) is 5.17. The van der Waals surface area contributed by atoms with E-state index in [9.17, 15) is 8.42 Å². The molecule has 0 saturated carbocycles. The average Bonchev–Trinajstić information content (AvgIpc) is 2.99. The van der Waals surface area contributed by atoms with Crippen LogP contribution in [0.3, 0.4) is 0 Å². The van der Waals surface area contributed by atoms with Crippen molar-refractivity contribution in [3.63, 3.8) is 0 Å². The van der Waals surface area contributed by atoms with Crippen molar-refractivity contribution < 1.29 is 8.42 Å². The van der Waals surface area contributed by atoms with Crippen LogP contribution in [0.2, 0.25) is 5.02 Å². The number of rotatable bonds is 2. The fraction of sp³-hybridized carbons (Fsp3) is 0.0500. The van der Waals surface area contributed by atoms with Crippen LogP contribution in [-0.2, 0) is 10.0 Å². The number of sulfonamides is 1. The number of nitrogens with zero attached hydrogens (tertiary/aromatic N) is 2. The quantitative estimate of drug-likeness (QED) is 0.690. The van der Waals surface area contributed by atoms with Gasteiger partial charge in [-0.1, -0.05) is 53.7 Å². The van der Waals surface area contributed by atoms with Gasteiger partial charge in [0.15, 0.2) is 0 Å². The van der Waals surface area contributed by atoms with Crippen LogP contribution in [0.1, 0.15) is 0 Å². The van der Waals surface area contributed by atoms with E-state index in [-0.39, 0.29) is 4.90 Å². The number of hydrogen-bond acceptors (Lipinski definition) is 4. The summed E-state index contributed by atoms with van der Waals surface area (Å²) in [5.41, 5.74) is 2.28. The van der Waals surface area contributed by atoms with Crippen molar-refractivity contribution in [3.05, 3.63) is 88.5 Å². The van der Waals surface area contributed by atoms with E-state index < -0.39 is 10.0 Å². The summed E-state index contributed by atoms with van der Waals surface area (Å²) in [4.78, 5) is 3.30. The molecular formula is C20H15ClN2O2S2. The first-order valence-electron chi connectivity index (χ1n) is 8.16. The molecule has 0 amide bonds. The molecule has 2 aromatic rings. The predicted molar refractivity (Wildman–Crippen MR) is 112 cm³/mol. The zero-order valence-electron chi connectivity index (χ0n) is 14.3. The van der Waals surface area contributed by atoms with Crippen LogP contribution in [0.15, 0.2) is 97.6 Å². The molecule has 0 spiro atoms. The molecule has 0 saturated heterocycles. The van der Waals surface area contributed by atoms with Crippen LogP contribution in [0, 0.1) is 0 Å². The van der Waals surface area contributed by atoms with E-state index in [1.54, 1.807) is 36.0 Å². The molecule has 1 heterocycles. The first-order valence-corrected chi connectivity index (χ1v) is 10.8. The van der Waals surface area contributed by atoms with Crippen molar-refractivity contribution in [2.24, 2.45) is 4.40 Å². The van der Waals surface area contributed by atoms with Gasteiger partial charge in [-0.3, -0.25) is 0 Å². The van der Waals surface area contributed by atoms with Crippen LogP contribution >= 0.6 is 23.4 Å². The number of benzene rings is 2. The fourth-order valence-electron chi connectivity index (χ4n) is 2.86. The summed E-state index contributed by atoms with van der Waals surface area (Å²) in [6.45, 7) is 0. The van der Waals surface area contributed by atoms with Crippen molar-refractivity contribution in [1.29, 1.82) is 0 Å². The van der Waals surface area contributed by atoms with Gasteiger partial charge in [0.2, 0.25) is 0 Å². The van der Waals surface area contributed by atoms with E-state index in [1.165, 1.54) is 12.1 Å². The normalized spacial score (nSPS) is 20.4. The molecule has 0 radical (unpaired) electrons. The maximum absolute atomic E-state index is 12.7. The van der Waals surface area contributed by atoms with Crippen LogP contribution in [0.4, 0.5) is 5.69 Å². The molecule has 1 aliphatic carbocycles. The Morgan fingerprint density at radius 1 is 1.00 bits per heavy atom. The van der Waals surface area contributed by atoms with E-state index in [0.717, 1.165) is 21.2 Å². The Morgan fingerprint density at radius 3 is 2.44 bits per heavy atom.